The summed E-state index contributed by atoms with van der Waals surface area (Å²) in [4.78, 5) is 13.5. The molecular formula is C9H5N3OS. The number of benzene rings is 1. The first-order chi connectivity index (χ1) is 6.90. The van der Waals surface area contributed by atoms with Crippen LogP contribution in [0, 0.1) is 0 Å². The first kappa shape index (κ1) is 8.74. The molecule has 0 saturated carbocycles. The molecule has 0 atom stereocenters. The van der Waals surface area contributed by atoms with Gasteiger partial charge in [-0.1, -0.05) is 12.1 Å². The van der Waals surface area contributed by atoms with Gasteiger partial charge in [-0.2, -0.15) is 13.7 Å². The van der Waals surface area contributed by atoms with Gasteiger partial charge in [0.1, 0.15) is 5.69 Å². The third-order valence-electron chi connectivity index (χ3n) is 1.70. The van der Waals surface area contributed by atoms with Crippen LogP contribution in [0.25, 0.3) is 11.3 Å². The van der Waals surface area contributed by atoms with Gasteiger partial charge in [0, 0.05) is 5.56 Å². The van der Waals surface area contributed by atoms with Crippen LogP contribution in [-0.4, -0.2) is 14.8 Å². The SMILES string of the molecule is O=C=Nc1ccc(-c2cnsn2)cc1. The third kappa shape index (κ3) is 1.74. The van der Waals surface area contributed by atoms with Crippen molar-refractivity contribution in [1.82, 2.24) is 8.75 Å². The van der Waals surface area contributed by atoms with Crippen LogP contribution in [0.4, 0.5) is 5.69 Å². The van der Waals surface area contributed by atoms with Crippen molar-refractivity contribution >= 4 is 23.5 Å². The first-order valence-electron chi connectivity index (χ1n) is 3.86. The highest BCUT2D eigenvalue weighted by atomic mass is 32.1. The number of aliphatic imine (C=N–C) groups is 1. The fraction of sp³-hybridized carbons (Fsp3) is 0. The predicted octanol–water partition coefficient (Wildman–Crippen LogP) is 2.17. The molecule has 5 heteroatoms. The minimum absolute atomic E-state index is 0.590. The molecule has 0 saturated heterocycles. The van der Waals surface area contributed by atoms with Crippen molar-refractivity contribution in [1.29, 1.82) is 0 Å². The van der Waals surface area contributed by atoms with Gasteiger partial charge in [0.25, 0.3) is 0 Å². The molecular weight excluding hydrogens is 198 g/mol. The number of isocyanates is 1. The Hall–Kier alpha value is -1.84. The lowest BCUT2D eigenvalue weighted by atomic mass is 10.1. The summed E-state index contributed by atoms with van der Waals surface area (Å²) in [5.74, 6) is 0. The number of hydrogen-bond donors (Lipinski definition) is 0. The molecule has 1 heterocycles. The van der Waals surface area contributed by atoms with Gasteiger partial charge < -0.3 is 0 Å². The predicted molar refractivity (Wildman–Crippen MR) is 53.1 cm³/mol. The summed E-state index contributed by atoms with van der Waals surface area (Å²) in [5.41, 5.74) is 2.38. The molecule has 0 bridgehead atoms. The minimum atomic E-state index is 0.590. The molecule has 1 aromatic heterocycles. The normalized spacial score (nSPS) is 9.43. The van der Waals surface area contributed by atoms with Crippen LogP contribution in [0.3, 0.4) is 0 Å². The van der Waals surface area contributed by atoms with E-state index in [1.165, 1.54) is 6.08 Å². The first-order valence-corrected chi connectivity index (χ1v) is 4.59. The Labute approximate surface area is 84.3 Å². The molecule has 1 aromatic carbocycles. The highest BCUT2D eigenvalue weighted by molar-refractivity contribution is 6.99. The fourth-order valence-electron chi connectivity index (χ4n) is 1.05. The van der Waals surface area contributed by atoms with Crippen molar-refractivity contribution in [3.63, 3.8) is 0 Å². The summed E-state index contributed by atoms with van der Waals surface area (Å²) >= 11 is 1.16. The summed E-state index contributed by atoms with van der Waals surface area (Å²) in [6.45, 7) is 0. The van der Waals surface area contributed by atoms with Crippen molar-refractivity contribution < 1.29 is 4.79 Å². The topological polar surface area (TPSA) is 55.2 Å². The Kier molecular flexibility index (Phi) is 2.44. The average Bonchev–Trinajstić information content (AvgIpc) is 2.72. The Morgan fingerprint density at radius 1 is 1.29 bits per heavy atom. The Morgan fingerprint density at radius 3 is 2.64 bits per heavy atom. The van der Waals surface area contributed by atoms with Gasteiger partial charge in [-0.3, -0.25) is 0 Å². The lowest BCUT2D eigenvalue weighted by molar-refractivity contribution is 0.565. The maximum absolute atomic E-state index is 9.98. The van der Waals surface area contributed by atoms with Crippen LogP contribution in [0.15, 0.2) is 35.5 Å². The van der Waals surface area contributed by atoms with E-state index in [0.717, 1.165) is 23.0 Å². The van der Waals surface area contributed by atoms with Crippen LogP contribution in [0.2, 0.25) is 0 Å². The minimum Gasteiger partial charge on any atom is -0.211 e. The average molecular weight is 203 g/mol. The van der Waals surface area contributed by atoms with Crippen LogP contribution in [0.1, 0.15) is 0 Å². The molecule has 0 fully saturated rings. The van der Waals surface area contributed by atoms with Crippen molar-refractivity contribution in [3.05, 3.63) is 30.5 Å². The van der Waals surface area contributed by atoms with Crippen molar-refractivity contribution in [2.75, 3.05) is 0 Å². The molecule has 0 spiro atoms. The highest BCUT2D eigenvalue weighted by Crippen LogP contribution is 2.20. The number of rotatable bonds is 2. The molecule has 2 rings (SSSR count). The Morgan fingerprint density at radius 2 is 2.07 bits per heavy atom. The second-order valence-electron chi connectivity index (χ2n) is 2.54. The molecule has 0 unspecified atom stereocenters. The van der Waals surface area contributed by atoms with Crippen LogP contribution < -0.4 is 0 Å². The van der Waals surface area contributed by atoms with Crippen molar-refractivity contribution in [2.45, 2.75) is 0 Å². The van der Waals surface area contributed by atoms with Gasteiger partial charge in [0.15, 0.2) is 0 Å². The third-order valence-corrected chi connectivity index (χ3v) is 2.18. The maximum atomic E-state index is 9.98. The molecule has 14 heavy (non-hydrogen) atoms. The van der Waals surface area contributed by atoms with E-state index >= 15 is 0 Å². The van der Waals surface area contributed by atoms with Crippen LogP contribution >= 0.6 is 11.7 Å². The zero-order valence-corrected chi connectivity index (χ0v) is 7.86. The summed E-state index contributed by atoms with van der Waals surface area (Å²) < 4.78 is 7.99. The van der Waals surface area contributed by atoms with Gasteiger partial charge in [0.05, 0.1) is 23.6 Å². The monoisotopic (exact) mass is 203 g/mol. The summed E-state index contributed by atoms with van der Waals surface area (Å²) in [5, 5.41) is 0. The molecule has 0 N–H and O–H groups in total. The van der Waals surface area contributed by atoms with E-state index in [9.17, 15) is 4.79 Å². The van der Waals surface area contributed by atoms with Gasteiger partial charge in [-0.05, 0) is 12.1 Å². The van der Waals surface area contributed by atoms with E-state index in [0.29, 0.717) is 5.69 Å². The molecule has 0 aliphatic carbocycles. The summed E-state index contributed by atoms with van der Waals surface area (Å²) in [7, 11) is 0. The Balaban J connectivity index is 2.35. The van der Waals surface area contributed by atoms with Crippen LogP contribution in [-0.2, 0) is 4.79 Å². The number of carbonyl (C=O) groups excluding carboxylic acids is 1. The van der Waals surface area contributed by atoms with Gasteiger partial charge in [-0.25, -0.2) is 4.79 Å². The number of aromatic nitrogens is 2. The van der Waals surface area contributed by atoms with E-state index in [1.807, 2.05) is 12.1 Å². The van der Waals surface area contributed by atoms with Crippen molar-refractivity contribution in [3.8, 4) is 11.3 Å². The molecule has 4 nitrogen and oxygen atoms in total. The van der Waals surface area contributed by atoms with E-state index < -0.39 is 0 Å². The molecule has 0 aliphatic heterocycles. The molecule has 68 valence electrons. The second kappa shape index (κ2) is 3.91. The van der Waals surface area contributed by atoms with Crippen molar-refractivity contribution in [2.24, 2.45) is 4.99 Å². The number of nitrogens with zero attached hydrogens (tertiary/aromatic N) is 3. The Bertz CT molecular complexity index is 457. The van der Waals surface area contributed by atoms with Gasteiger partial charge >= 0.3 is 0 Å². The maximum Gasteiger partial charge on any atom is 0.240 e. The zero-order chi connectivity index (χ0) is 9.80. The lowest BCUT2D eigenvalue weighted by Gasteiger charge is -1.94. The van der Waals surface area contributed by atoms with Crippen LogP contribution in [0.5, 0.6) is 0 Å². The highest BCUT2D eigenvalue weighted by Gasteiger charge is 1.99. The molecule has 0 radical (unpaired) electrons. The number of hydrogen-bond acceptors (Lipinski definition) is 5. The standard InChI is InChI=1S/C9H5N3OS/c13-6-10-8-3-1-7(2-4-8)9-5-11-14-12-9/h1-5H. The molecule has 2 aromatic rings. The smallest absolute Gasteiger partial charge is 0.211 e. The van der Waals surface area contributed by atoms with E-state index in [4.69, 9.17) is 0 Å². The van der Waals surface area contributed by atoms with Gasteiger partial charge in [0.2, 0.25) is 6.08 Å². The summed E-state index contributed by atoms with van der Waals surface area (Å²) in [6.07, 6.45) is 3.18. The quantitative estimate of drug-likeness (QED) is 0.555. The second-order valence-corrected chi connectivity index (χ2v) is 3.10. The summed E-state index contributed by atoms with van der Waals surface area (Å²) in [6, 6.07) is 7.15. The fourth-order valence-corrected chi connectivity index (χ4v) is 1.49. The van der Waals surface area contributed by atoms with E-state index in [2.05, 4.69) is 13.7 Å². The zero-order valence-electron chi connectivity index (χ0n) is 7.04. The van der Waals surface area contributed by atoms with E-state index in [-0.39, 0.29) is 0 Å². The molecule has 0 amide bonds. The lowest BCUT2D eigenvalue weighted by Crippen LogP contribution is -1.74. The molecule has 0 aliphatic rings. The largest absolute Gasteiger partial charge is 0.240 e. The van der Waals surface area contributed by atoms with E-state index in [1.54, 1.807) is 18.3 Å². The van der Waals surface area contributed by atoms with Gasteiger partial charge in [-0.15, -0.1) is 0 Å².